The minimum absolute atomic E-state index is 0.0295. The summed E-state index contributed by atoms with van der Waals surface area (Å²) in [5.41, 5.74) is 0. The Morgan fingerprint density at radius 3 is 2.58 bits per heavy atom. The smallest absolute Gasteiger partial charge is 0.307 e. The second-order valence-electron chi connectivity index (χ2n) is 3.74. The van der Waals surface area contributed by atoms with Gasteiger partial charge in [0.1, 0.15) is 0 Å². The molecule has 2 aliphatic rings. The molecule has 1 heterocycles. The van der Waals surface area contributed by atoms with Crippen LogP contribution in [0.25, 0.3) is 0 Å². The summed E-state index contributed by atoms with van der Waals surface area (Å²) in [6, 6.07) is 0. The van der Waals surface area contributed by atoms with Crippen molar-refractivity contribution < 1.29 is 9.90 Å². The number of carboxylic acid groups (broad SMARTS) is 1. The number of carboxylic acids is 1. The first kappa shape index (κ1) is 8.01. The molecule has 68 valence electrons. The molecule has 4 nitrogen and oxygen atoms in total. The highest BCUT2D eigenvalue weighted by Crippen LogP contribution is 2.51. The number of nitrogens with zero attached hydrogens (tertiary/aromatic N) is 1. The van der Waals surface area contributed by atoms with Crippen molar-refractivity contribution in [3.05, 3.63) is 0 Å². The van der Waals surface area contributed by atoms with Gasteiger partial charge in [-0.15, -0.1) is 0 Å². The Balaban J connectivity index is 1.82. The second kappa shape index (κ2) is 2.71. The second-order valence-corrected chi connectivity index (χ2v) is 3.74. The minimum atomic E-state index is -0.603. The van der Waals surface area contributed by atoms with Gasteiger partial charge in [-0.3, -0.25) is 9.69 Å². The van der Waals surface area contributed by atoms with Gasteiger partial charge in [0.2, 0.25) is 0 Å². The van der Waals surface area contributed by atoms with Gasteiger partial charge in [0, 0.05) is 19.8 Å². The van der Waals surface area contributed by atoms with E-state index in [4.69, 9.17) is 5.11 Å². The molecule has 0 aromatic heterocycles. The number of likely N-dealkylation sites (tertiary alicyclic amines) is 1. The van der Waals surface area contributed by atoms with Crippen LogP contribution in [0.4, 0.5) is 0 Å². The van der Waals surface area contributed by atoms with Gasteiger partial charge in [-0.2, -0.15) is 0 Å². The molecule has 0 radical (unpaired) electrons. The van der Waals surface area contributed by atoms with Crippen molar-refractivity contribution in [3.8, 4) is 0 Å². The summed E-state index contributed by atoms with van der Waals surface area (Å²) in [4.78, 5) is 12.9. The molecular formula is C8H14N2O2. The predicted octanol–water partition coefficient (Wildman–Crippen LogP) is -0.574. The van der Waals surface area contributed by atoms with Crippen LogP contribution in [0.15, 0.2) is 0 Å². The zero-order valence-corrected chi connectivity index (χ0v) is 7.16. The summed E-state index contributed by atoms with van der Waals surface area (Å²) < 4.78 is 0. The molecular weight excluding hydrogens is 156 g/mol. The normalized spacial score (nSPS) is 39.6. The Labute approximate surface area is 71.5 Å². The van der Waals surface area contributed by atoms with E-state index in [1.54, 1.807) is 0 Å². The summed E-state index contributed by atoms with van der Waals surface area (Å²) in [5, 5.41) is 11.8. The van der Waals surface area contributed by atoms with Gasteiger partial charge in [-0.25, -0.2) is 0 Å². The van der Waals surface area contributed by atoms with E-state index in [0.717, 1.165) is 19.8 Å². The molecule has 0 aromatic rings. The number of aliphatic carboxylic acids is 1. The molecule has 2 fully saturated rings. The number of piperidine rings is 1. The number of carbonyl (C=O) groups is 1. The van der Waals surface area contributed by atoms with Crippen LogP contribution in [-0.2, 0) is 4.79 Å². The standard InChI is InChI=1S/C8H14N2O2/c1-9-4-10-2-5-6(3-10)7(5)8(11)12/h5-7,9H,2-4H2,1H3,(H,11,12). The summed E-state index contributed by atoms with van der Waals surface area (Å²) >= 11 is 0. The first-order valence-corrected chi connectivity index (χ1v) is 4.34. The quantitative estimate of drug-likeness (QED) is 0.595. The van der Waals surface area contributed by atoms with Crippen molar-refractivity contribution in [2.24, 2.45) is 17.8 Å². The highest BCUT2D eigenvalue weighted by molar-refractivity contribution is 5.74. The minimum Gasteiger partial charge on any atom is -0.481 e. The third-order valence-electron chi connectivity index (χ3n) is 2.94. The maximum absolute atomic E-state index is 10.6. The zero-order valence-electron chi connectivity index (χ0n) is 7.16. The molecule has 2 atom stereocenters. The van der Waals surface area contributed by atoms with Crippen LogP contribution in [-0.4, -0.2) is 42.8 Å². The van der Waals surface area contributed by atoms with Crippen molar-refractivity contribution in [2.45, 2.75) is 0 Å². The summed E-state index contributed by atoms with van der Waals surface area (Å²) in [5.74, 6) is 0.249. The van der Waals surface area contributed by atoms with Crippen LogP contribution < -0.4 is 5.32 Å². The SMILES string of the molecule is CNCN1CC2C(C1)C2C(=O)O. The van der Waals surface area contributed by atoms with Gasteiger partial charge in [-0.1, -0.05) is 0 Å². The van der Waals surface area contributed by atoms with Crippen molar-refractivity contribution in [1.82, 2.24) is 10.2 Å². The molecule has 0 aromatic carbocycles. The third-order valence-corrected chi connectivity index (χ3v) is 2.94. The van der Waals surface area contributed by atoms with Gasteiger partial charge in [-0.05, 0) is 18.9 Å². The van der Waals surface area contributed by atoms with E-state index in [0.29, 0.717) is 11.8 Å². The Morgan fingerprint density at radius 2 is 2.17 bits per heavy atom. The average Bonchev–Trinajstić information content (AvgIpc) is 2.51. The van der Waals surface area contributed by atoms with Crippen LogP contribution >= 0.6 is 0 Å². The summed E-state index contributed by atoms with van der Waals surface area (Å²) in [6.45, 7) is 2.81. The molecule has 0 bridgehead atoms. The summed E-state index contributed by atoms with van der Waals surface area (Å²) in [6.07, 6.45) is 0. The monoisotopic (exact) mass is 170 g/mol. The Kier molecular flexibility index (Phi) is 1.81. The molecule has 1 saturated heterocycles. The molecule has 1 aliphatic carbocycles. The Morgan fingerprint density at radius 1 is 1.58 bits per heavy atom. The topological polar surface area (TPSA) is 52.6 Å². The van der Waals surface area contributed by atoms with E-state index in [2.05, 4.69) is 10.2 Å². The molecule has 12 heavy (non-hydrogen) atoms. The Hall–Kier alpha value is -0.610. The van der Waals surface area contributed by atoms with Crippen LogP contribution in [0.3, 0.4) is 0 Å². The van der Waals surface area contributed by atoms with Gasteiger partial charge >= 0.3 is 5.97 Å². The molecule has 1 aliphatic heterocycles. The fourth-order valence-electron chi connectivity index (χ4n) is 2.33. The van der Waals surface area contributed by atoms with E-state index in [1.165, 1.54) is 0 Å². The van der Waals surface area contributed by atoms with E-state index in [-0.39, 0.29) is 5.92 Å². The number of hydrogen-bond acceptors (Lipinski definition) is 3. The highest BCUT2D eigenvalue weighted by Gasteiger charge is 2.59. The molecule has 2 N–H and O–H groups in total. The molecule has 1 saturated carbocycles. The van der Waals surface area contributed by atoms with Gasteiger partial charge in [0.15, 0.2) is 0 Å². The van der Waals surface area contributed by atoms with Crippen LogP contribution in [0.2, 0.25) is 0 Å². The van der Waals surface area contributed by atoms with Crippen LogP contribution in [0.1, 0.15) is 0 Å². The van der Waals surface area contributed by atoms with Crippen molar-refractivity contribution in [3.63, 3.8) is 0 Å². The average molecular weight is 170 g/mol. The number of fused-ring (bicyclic) bond motifs is 1. The maximum atomic E-state index is 10.6. The number of hydrogen-bond donors (Lipinski definition) is 2. The molecule has 2 unspecified atom stereocenters. The zero-order chi connectivity index (χ0) is 8.72. The third kappa shape index (κ3) is 1.11. The number of nitrogens with one attached hydrogen (secondary N) is 1. The van der Waals surface area contributed by atoms with Crippen LogP contribution in [0.5, 0.6) is 0 Å². The van der Waals surface area contributed by atoms with Crippen LogP contribution in [0, 0.1) is 17.8 Å². The lowest BCUT2D eigenvalue weighted by Gasteiger charge is -2.17. The number of rotatable bonds is 3. The molecule has 0 amide bonds. The lowest BCUT2D eigenvalue weighted by molar-refractivity contribution is -0.139. The highest BCUT2D eigenvalue weighted by atomic mass is 16.4. The van der Waals surface area contributed by atoms with Gasteiger partial charge < -0.3 is 10.4 Å². The van der Waals surface area contributed by atoms with E-state index in [1.807, 2.05) is 7.05 Å². The lowest BCUT2D eigenvalue weighted by atomic mass is 10.3. The van der Waals surface area contributed by atoms with Crippen molar-refractivity contribution in [2.75, 3.05) is 26.8 Å². The van der Waals surface area contributed by atoms with Gasteiger partial charge in [0.05, 0.1) is 5.92 Å². The fraction of sp³-hybridized carbons (Fsp3) is 0.875. The first-order valence-electron chi connectivity index (χ1n) is 4.34. The van der Waals surface area contributed by atoms with E-state index < -0.39 is 5.97 Å². The van der Waals surface area contributed by atoms with Crippen molar-refractivity contribution >= 4 is 5.97 Å². The summed E-state index contributed by atoms with van der Waals surface area (Å²) in [7, 11) is 1.92. The fourth-order valence-corrected chi connectivity index (χ4v) is 2.33. The van der Waals surface area contributed by atoms with E-state index >= 15 is 0 Å². The van der Waals surface area contributed by atoms with E-state index in [9.17, 15) is 4.79 Å². The molecule has 4 heteroatoms. The largest absolute Gasteiger partial charge is 0.481 e. The van der Waals surface area contributed by atoms with Crippen molar-refractivity contribution in [1.29, 1.82) is 0 Å². The molecule has 2 rings (SSSR count). The maximum Gasteiger partial charge on any atom is 0.307 e. The molecule has 0 spiro atoms. The first-order chi connectivity index (χ1) is 5.74. The predicted molar refractivity (Wildman–Crippen MR) is 43.6 cm³/mol. The van der Waals surface area contributed by atoms with Gasteiger partial charge in [0.25, 0.3) is 0 Å². The lowest BCUT2D eigenvalue weighted by Crippen LogP contribution is -2.33. The Bertz CT molecular complexity index is 195.